The average Bonchev–Trinajstić information content (AvgIpc) is 2.27. The largest absolute Gasteiger partial charge is 0.394 e. The van der Waals surface area contributed by atoms with Gasteiger partial charge in [0.15, 0.2) is 0 Å². The third kappa shape index (κ3) is 5.27. The molecule has 0 unspecified atom stereocenters. The molecule has 0 aromatic heterocycles. The molecule has 19 heavy (non-hydrogen) atoms. The molecule has 3 N–H and O–H groups in total. The highest BCUT2D eigenvalue weighted by molar-refractivity contribution is 7.92. The summed E-state index contributed by atoms with van der Waals surface area (Å²) in [4.78, 5) is 11.9. The van der Waals surface area contributed by atoms with Crippen LogP contribution in [0.5, 0.6) is 0 Å². The summed E-state index contributed by atoms with van der Waals surface area (Å²) in [5.41, 5.74) is 0.0712. The Labute approximate surface area is 112 Å². The number of sulfonamides is 1. The van der Waals surface area contributed by atoms with Crippen LogP contribution in [-0.2, 0) is 10.0 Å². The molecule has 7 heteroatoms. The first-order chi connectivity index (χ1) is 8.63. The molecule has 1 aromatic rings. The van der Waals surface area contributed by atoms with Gasteiger partial charge in [0.25, 0.3) is 5.91 Å². The summed E-state index contributed by atoms with van der Waals surface area (Å²) in [6, 6.07) is 6.02. The highest BCUT2D eigenvalue weighted by Crippen LogP contribution is 2.12. The van der Waals surface area contributed by atoms with Crippen molar-refractivity contribution in [2.24, 2.45) is 0 Å². The maximum atomic E-state index is 11.9. The number of nitrogens with one attached hydrogen (secondary N) is 2. The van der Waals surface area contributed by atoms with Crippen LogP contribution in [0.2, 0.25) is 0 Å². The van der Waals surface area contributed by atoms with Gasteiger partial charge >= 0.3 is 0 Å². The number of aliphatic hydroxyl groups excluding tert-OH is 1. The van der Waals surface area contributed by atoms with E-state index in [4.69, 9.17) is 5.11 Å². The number of rotatable bonds is 5. The Bertz CT molecular complexity index is 550. The van der Waals surface area contributed by atoms with Gasteiger partial charge in [0.05, 0.1) is 18.4 Å². The van der Waals surface area contributed by atoms with Crippen molar-refractivity contribution in [3.8, 4) is 0 Å². The summed E-state index contributed by atoms with van der Waals surface area (Å²) in [5, 5.41) is 11.7. The van der Waals surface area contributed by atoms with Gasteiger partial charge in [0, 0.05) is 11.3 Å². The zero-order valence-electron chi connectivity index (χ0n) is 11.1. The predicted molar refractivity (Wildman–Crippen MR) is 73.5 cm³/mol. The van der Waals surface area contributed by atoms with E-state index in [0.29, 0.717) is 11.3 Å². The lowest BCUT2D eigenvalue weighted by molar-refractivity contribution is 0.0869. The molecule has 0 spiro atoms. The molecule has 0 saturated carbocycles. The number of anilines is 1. The van der Waals surface area contributed by atoms with Crippen molar-refractivity contribution in [2.75, 3.05) is 17.6 Å². The van der Waals surface area contributed by atoms with Crippen molar-refractivity contribution in [1.82, 2.24) is 5.32 Å². The van der Waals surface area contributed by atoms with E-state index in [-0.39, 0.29) is 12.5 Å². The number of aliphatic hydroxyl groups is 1. The van der Waals surface area contributed by atoms with Crippen LogP contribution in [0.15, 0.2) is 24.3 Å². The number of hydrogen-bond donors (Lipinski definition) is 3. The van der Waals surface area contributed by atoms with Gasteiger partial charge in [0.1, 0.15) is 0 Å². The van der Waals surface area contributed by atoms with Crippen molar-refractivity contribution in [1.29, 1.82) is 0 Å². The molecule has 1 aromatic carbocycles. The number of carbonyl (C=O) groups is 1. The number of hydrogen-bond acceptors (Lipinski definition) is 4. The molecule has 0 fully saturated rings. The zero-order chi connectivity index (χ0) is 14.7. The van der Waals surface area contributed by atoms with E-state index in [2.05, 4.69) is 10.0 Å². The standard InChI is InChI=1S/C12H18N2O4S/c1-12(2,8-15)13-11(16)9-4-6-10(7-5-9)14-19(3,17)18/h4-7,14-15H,8H2,1-3H3,(H,13,16). The Kier molecular flexibility index (Phi) is 4.54. The number of amides is 1. The fourth-order valence-electron chi connectivity index (χ4n) is 1.32. The summed E-state index contributed by atoms with van der Waals surface area (Å²) in [7, 11) is -3.33. The van der Waals surface area contributed by atoms with E-state index in [0.717, 1.165) is 6.26 Å². The lowest BCUT2D eigenvalue weighted by Crippen LogP contribution is -2.46. The second kappa shape index (κ2) is 5.58. The summed E-state index contributed by atoms with van der Waals surface area (Å²) in [6.07, 6.45) is 1.05. The normalized spacial score (nSPS) is 12.0. The molecule has 0 heterocycles. The SMILES string of the molecule is CC(C)(CO)NC(=O)c1ccc(NS(C)(=O)=O)cc1. The van der Waals surface area contributed by atoms with Gasteiger partial charge < -0.3 is 10.4 Å². The van der Waals surface area contributed by atoms with Gasteiger partial charge in [-0.15, -0.1) is 0 Å². The van der Waals surface area contributed by atoms with Crippen LogP contribution in [0, 0.1) is 0 Å². The molecule has 0 aliphatic heterocycles. The first-order valence-electron chi connectivity index (χ1n) is 5.64. The van der Waals surface area contributed by atoms with E-state index in [9.17, 15) is 13.2 Å². The quantitative estimate of drug-likeness (QED) is 0.737. The molecule has 0 aliphatic carbocycles. The fraction of sp³-hybridized carbons (Fsp3) is 0.417. The van der Waals surface area contributed by atoms with E-state index in [1.807, 2.05) is 0 Å². The van der Waals surface area contributed by atoms with Crippen LogP contribution in [0.25, 0.3) is 0 Å². The summed E-state index contributed by atoms with van der Waals surface area (Å²) < 4.78 is 24.4. The summed E-state index contributed by atoms with van der Waals surface area (Å²) >= 11 is 0. The Morgan fingerprint density at radius 3 is 2.21 bits per heavy atom. The minimum Gasteiger partial charge on any atom is -0.394 e. The number of benzene rings is 1. The smallest absolute Gasteiger partial charge is 0.251 e. The van der Waals surface area contributed by atoms with Crippen molar-refractivity contribution >= 4 is 21.6 Å². The predicted octanol–water partition coefficient (Wildman–Crippen LogP) is 0.559. The maximum absolute atomic E-state index is 11.9. The van der Waals surface area contributed by atoms with E-state index < -0.39 is 15.6 Å². The minimum atomic E-state index is -3.33. The lowest BCUT2D eigenvalue weighted by atomic mass is 10.1. The highest BCUT2D eigenvalue weighted by atomic mass is 32.2. The lowest BCUT2D eigenvalue weighted by Gasteiger charge is -2.23. The molecule has 0 bridgehead atoms. The van der Waals surface area contributed by atoms with Gasteiger partial charge in [-0.3, -0.25) is 9.52 Å². The van der Waals surface area contributed by atoms with E-state index >= 15 is 0 Å². The molecule has 0 radical (unpaired) electrons. The third-order valence-electron chi connectivity index (χ3n) is 2.30. The van der Waals surface area contributed by atoms with Gasteiger partial charge in [0.2, 0.25) is 10.0 Å². The van der Waals surface area contributed by atoms with Crippen LogP contribution >= 0.6 is 0 Å². The molecule has 106 valence electrons. The van der Waals surface area contributed by atoms with Crippen LogP contribution in [0.1, 0.15) is 24.2 Å². The van der Waals surface area contributed by atoms with Crippen LogP contribution in [0.3, 0.4) is 0 Å². The highest BCUT2D eigenvalue weighted by Gasteiger charge is 2.19. The molecule has 0 atom stereocenters. The second-order valence-corrected chi connectivity index (χ2v) is 6.70. The molecule has 1 rings (SSSR count). The van der Waals surface area contributed by atoms with Gasteiger partial charge in [-0.25, -0.2) is 8.42 Å². The Balaban J connectivity index is 2.79. The van der Waals surface area contributed by atoms with Crippen molar-refractivity contribution in [2.45, 2.75) is 19.4 Å². The van der Waals surface area contributed by atoms with Crippen molar-refractivity contribution in [3.05, 3.63) is 29.8 Å². The Morgan fingerprint density at radius 1 is 1.26 bits per heavy atom. The van der Waals surface area contributed by atoms with E-state index in [1.165, 1.54) is 24.3 Å². The average molecular weight is 286 g/mol. The van der Waals surface area contributed by atoms with E-state index in [1.54, 1.807) is 13.8 Å². The molecule has 6 nitrogen and oxygen atoms in total. The van der Waals surface area contributed by atoms with Crippen LogP contribution in [-0.4, -0.2) is 37.8 Å². The molecule has 1 amide bonds. The molecule has 0 aliphatic rings. The minimum absolute atomic E-state index is 0.174. The van der Waals surface area contributed by atoms with Gasteiger partial charge in [-0.05, 0) is 38.1 Å². The third-order valence-corrected chi connectivity index (χ3v) is 2.90. The zero-order valence-corrected chi connectivity index (χ0v) is 11.9. The first kappa shape index (κ1) is 15.5. The molecular weight excluding hydrogens is 268 g/mol. The monoisotopic (exact) mass is 286 g/mol. The topological polar surface area (TPSA) is 95.5 Å². The van der Waals surface area contributed by atoms with Gasteiger partial charge in [-0.1, -0.05) is 0 Å². The van der Waals surface area contributed by atoms with Crippen molar-refractivity contribution < 1.29 is 18.3 Å². The van der Waals surface area contributed by atoms with Gasteiger partial charge in [-0.2, -0.15) is 0 Å². The van der Waals surface area contributed by atoms with Crippen LogP contribution in [0.4, 0.5) is 5.69 Å². The van der Waals surface area contributed by atoms with Crippen molar-refractivity contribution in [3.63, 3.8) is 0 Å². The summed E-state index contributed by atoms with van der Waals surface area (Å²) in [6.45, 7) is 3.22. The molecule has 0 saturated heterocycles. The first-order valence-corrected chi connectivity index (χ1v) is 7.53. The fourth-order valence-corrected chi connectivity index (χ4v) is 1.89. The van der Waals surface area contributed by atoms with Crippen LogP contribution < -0.4 is 10.0 Å². The Hall–Kier alpha value is -1.60. The molecular formula is C12H18N2O4S. The number of carbonyl (C=O) groups excluding carboxylic acids is 1. The maximum Gasteiger partial charge on any atom is 0.251 e. The second-order valence-electron chi connectivity index (χ2n) is 4.95. The summed E-state index contributed by atoms with van der Waals surface area (Å²) in [5.74, 6) is -0.329. The Morgan fingerprint density at radius 2 is 1.79 bits per heavy atom.